The van der Waals surface area contributed by atoms with Gasteiger partial charge in [0.05, 0.1) is 6.42 Å². The fourth-order valence-electron chi connectivity index (χ4n) is 1.56. The Balaban J connectivity index is 2.16. The molecule has 0 unspecified atom stereocenters. The number of unbranched alkanes of at least 4 members (excludes halogenated alkanes) is 1. The van der Waals surface area contributed by atoms with Gasteiger partial charge in [0.15, 0.2) is 0 Å². The van der Waals surface area contributed by atoms with E-state index in [1.807, 2.05) is 0 Å². The third kappa shape index (κ3) is 6.40. The van der Waals surface area contributed by atoms with Crippen molar-refractivity contribution in [1.82, 2.24) is 5.32 Å². The number of benzene rings is 1. The van der Waals surface area contributed by atoms with Crippen molar-refractivity contribution in [3.05, 3.63) is 35.6 Å². The second-order valence-electron chi connectivity index (χ2n) is 4.20. The number of hydrogen-bond acceptors (Lipinski definition) is 3. The van der Waals surface area contributed by atoms with Gasteiger partial charge >= 0.3 is 0 Å². The number of amides is 1. The SMILES string of the molecule is NC(CCCCNC(=O)Cc1ccc(F)cc1)=NO. The van der Waals surface area contributed by atoms with Crippen molar-refractivity contribution in [2.75, 3.05) is 6.54 Å². The van der Waals surface area contributed by atoms with Crippen molar-refractivity contribution in [3.63, 3.8) is 0 Å². The lowest BCUT2D eigenvalue weighted by Crippen LogP contribution is -2.26. The molecule has 0 aliphatic carbocycles. The molecule has 0 atom stereocenters. The van der Waals surface area contributed by atoms with Crippen LogP contribution in [0.1, 0.15) is 24.8 Å². The molecule has 5 nitrogen and oxygen atoms in total. The summed E-state index contributed by atoms with van der Waals surface area (Å²) in [5, 5.41) is 14.0. The number of nitrogens with one attached hydrogen (secondary N) is 1. The largest absolute Gasteiger partial charge is 0.409 e. The minimum Gasteiger partial charge on any atom is -0.409 e. The van der Waals surface area contributed by atoms with Gasteiger partial charge in [0.2, 0.25) is 5.91 Å². The number of nitrogens with two attached hydrogens (primary N) is 1. The van der Waals surface area contributed by atoms with Crippen LogP contribution in [0.15, 0.2) is 29.4 Å². The second-order valence-corrected chi connectivity index (χ2v) is 4.20. The topological polar surface area (TPSA) is 87.7 Å². The van der Waals surface area contributed by atoms with Crippen LogP contribution in [0.25, 0.3) is 0 Å². The van der Waals surface area contributed by atoms with Crippen LogP contribution in [-0.2, 0) is 11.2 Å². The number of carbonyl (C=O) groups is 1. The highest BCUT2D eigenvalue weighted by molar-refractivity contribution is 5.79. The molecule has 0 saturated carbocycles. The van der Waals surface area contributed by atoms with Gasteiger partial charge in [0.25, 0.3) is 0 Å². The van der Waals surface area contributed by atoms with Gasteiger partial charge in [-0.3, -0.25) is 4.79 Å². The van der Waals surface area contributed by atoms with Gasteiger partial charge in [-0.2, -0.15) is 0 Å². The Bertz CT molecular complexity index is 432. The molecule has 1 amide bonds. The third-order valence-electron chi connectivity index (χ3n) is 2.59. The smallest absolute Gasteiger partial charge is 0.224 e. The summed E-state index contributed by atoms with van der Waals surface area (Å²) < 4.78 is 12.7. The standard InChI is InChI=1S/C13H18FN3O2/c14-11-6-4-10(5-7-11)9-13(18)16-8-2-1-3-12(15)17-19/h4-7,19H,1-3,8-9H2,(H2,15,17)(H,16,18). The number of amidine groups is 1. The molecule has 0 saturated heterocycles. The second kappa shape index (κ2) is 8.07. The Kier molecular flexibility index (Phi) is 6.35. The Morgan fingerprint density at radius 2 is 2.00 bits per heavy atom. The molecule has 4 N–H and O–H groups in total. The van der Waals surface area contributed by atoms with E-state index in [2.05, 4.69) is 10.5 Å². The summed E-state index contributed by atoms with van der Waals surface area (Å²) in [5.74, 6) is -0.222. The molecule has 6 heteroatoms. The molecule has 1 aromatic rings. The van der Waals surface area contributed by atoms with Crippen molar-refractivity contribution in [2.45, 2.75) is 25.7 Å². The van der Waals surface area contributed by atoms with E-state index >= 15 is 0 Å². The lowest BCUT2D eigenvalue weighted by Gasteiger charge is -2.05. The van der Waals surface area contributed by atoms with Crippen LogP contribution >= 0.6 is 0 Å². The minimum atomic E-state index is -0.313. The zero-order valence-corrected chi connectivity index (χ0v) is 10.6. The van der Waals surface area contributed by atoms with Crippen molar-refractivity contribution in [1.29, 1.82) is 0 Å². The molecule has 19 heavy (non-hydrogen) atoms. The number of carbonyl (C=O) groups excluding carboxylic acids is 1. The maximum Gasteiger partial charge on any atom is 0.224 e. The normalized spacial score (nSPS) is 11.3. The fourth-order valence-corrected chi connectivity index (χ4v) is 1.56. The Hall–Kier alpha value is -2.11. The highest BCUT2D eigenvalue weighted by atomic mass is 19.1. The first-order valence-corrected chi connectivity index (χ1v) is 6.09. The van der Waals surface area contributed by atoms with Crippen LogP contribution in [0.4, 0.5) is 4.39 Å². The van der Waals surface area contributed by atoms with Gasteiger partial charge < -0.3 is 16.3 Å². The van der Waals surface area contributed by atoms with E-state index in [0.29, 0.717) is 13.0 Å². The van der Waals surface area contributed by atoms with Crippen molar-refractivity contribution in [2.24, 2.45) is 10.9 Å². The molecule has 1 aromatic carbocycles. The van der Waals surface area contributed by atoms with Crippen LogP contribution in [0.5, 0.6) is 0 Å². The molecule has 0 aliphatic heterocycles. The van der Waals surface area contributed by atoms with Gasteiger partial charge in [0.1, 0.15) is 11.7 Å². The first-order chi connectivity index (χ1) is 9.11. The lowest BCUT2D eigenvalue weighted by atomic mass is 10.1. The average Bonchev–Trinajstić information content (AvgIpc) is 2.40. The first-order valence-electron chi connectivity index (χ1n) is 6.09. The first kappa shape index (κ1) is 14.9. The zero-order valence-electron chi connectivity index (χ0n) is 10.6. The van der Waals surface area contributed by atoms with Gasteiger partial charge in [-0.05, 0) is 30.5 Å². The molecular weight excluding hydrogens is 249 g/mol. The Morgan fingerprint density at radius 3 is 2.63 bits per heavy atom. The molecule has 0 fully saturated rings. The van der Waals surface area contributed by atoms with Gasteiger partial charge in [-0.1, -0.05) is 17.3 Å². The van der Waals surface area contributed by atoms with E-state index in [0.717, 1.165) is 18.4 Å². The maximum absolute atomic E-state index is 12.7. The molecule has 104 valence electrons. The summed E-state index contributed by atoms with van der Waals surface area (Å²) in [7, 11) is 0. The number of nitrogens with zero attached hydrogens (tertiary/aromatic N) is 1. The summed E-state index contributed by atoms with van der Waals surface area (Å²) in [5.41, 5.74) is 6.09. The van der Waals surface area contributed by atoms with E-state index in [1.165, 1.54) is 12.1 Å². The number of rotatable bonds is 7. The van der Waals surface area contributed by atoms with Gasteiger partial charge in [0, 0.05) is 13.0 Å². The summed E-state index contributed by atoms with van der Waals surface area (Å²) in [6.45, 7) is 0.540. The van der Waals surface area contributed by atoms with Crippen LogP contribution < -0.4 is 11.1 Å². The molecule has 0 aliphatic rings. The molecule has 1 rings (SSSR count). The third-order valence-corrected chi connectivity index (χ3v) is 2.59. The molecule has 0 radical (unpaired) electrons. The zero-order chi connectivity index (χ0) is 14.1. The van der Waals surface area contributed by atoms with E-state index in [1.54, 1.807) is 12.1 Å². The van der Waals surface area contributed by atoms with Crippen molar-refractivity contribution < 1.29 is 14.4 Å². The van der Waals surface area contributed by atoms with Crippen LogP contribution in [-0.4, -0.2) is 23.5 Å². The summed E-state index contributed by atoms with van der Waals surface area (Å²) in [6, 6.07) is 5.85. The molecule has 0 aromatic heterocycles. The van der Waals surface area contributed by atoms with Crippen LogP contribution in [0.2, 0.25) is 0 Å². The summed E-state index contributed by atoms with van der Waals surface area (Å²) in [4.78, 5) is 11.6. The van der Waals surface area contributed by atoms with E-state index in [4.69, 9.17) is 10.9 Å². The van der Waals surface area contributed by atoms with E-state index < -0.39 is 0 Å². The number of hydrogen-bond donors (Lipinski definition) is 3. The van der Waals surface area contributed by atoms with Crippen molar-refractivity contribution >= 4 is 11.7 Å². The molecule has 0 spiro atoms. The summed E-state index contributed by atoms with van der Waals surface area (Å²) >= 11 is 0. The van der Waals surface area contributed by atoms with E-state index in [9.17, 15) is 9.18 Å². The Labute approximate surface area is 111 Å². The molecular formula is C13H18FN3O2. The van der Waals surface area contributed by atoms with Crippen LogP contribution in [0, 0.1) is 5.82 Å². The number of halogens is 1. The maximum atomic E-state index is 12.7. The average molecular weight is 267 g/mol. The summed E-state index contributed by atoms with van der Waals surface area (Å²) in [6.07, 6.45) is 2.24. The van der Waals surface area contributed by atoms with Gasteiger partial charge in [-0.15, -0.1) is 0 Å². The van der Waals surface area contributed by atoms with Gasteiger partial charge in [-0.25, -0.2) is 4.39 Å². The number of oxime groups is 1. The fraction of sp³-hybridized carbons (Fsp3) is 0.385. The monoisotopic (exact) mass is 267 g/mol. The van der Waals surface area contributed by atoms with E-state index in [-0.39, 0.29) is 24.0 Å². The lowest BCUT2D eigenvalue weighted by molar-refractivity contribution is -0.120. The highest BCUT2D eigenvalue weighted by Gasteiger charge is 2.03. The van der Waals surface area contributed by atoms with Crippen LogP contribution in [0.3, 0.4) is 0 Å². The highest BCUT2D eigenvalue weighted by Crippen LogP contribution is 2.03. The Morgan fingerprint density at radius 1 is 1.32 bits per heavy atom. The predicted molar refractivity (Wildman–Crippen MR) is 70.4 cm³/mol. The quantitative estimate of drug-likeness (QED) is 0.229. The van der Waals surface area contributed by atoms with Crippen molar-refractivity contribution in [3.8, 4) is 0 Å². The molecule has 0 heterocycles. The predicted octanol–water partition coefficient (Wildman–Crippen LogP) is 1.40. The molecule has 0 bridgehead atoms. The minimum absolute atomic E-state index is 0.101.